The summed E-state index contributed by atoms with van der Waals surface area (Å²) in [5.74, 6) is 1.99. The Bertz CT molecular complexity index is 327. The summed E-state index contributed by atoms with van der Waals surface area (Å²) in [6.45, 7) is 2.20. The van der Waals surface area contributed by atoms with Gasteiger partial charge in [0.2, 0.25) is 0 Å². The zero-order valence-corrected chi connectivity index (χ0v) is 11.7. The van der Waals surface area contributed by atoms with Gasteiger partial charge in [-0.15, -0.1) is 11.8 Å². The number of benzene rings is 1. The minimum Gasteiger partial charge on any atom is -0.313 e. The molecule has 0 amide bonds. The molecule has 2 heteroatoms. The van der Waals surface area contributed by atoms with E-state index in [1.54, 1.807) is 0 Å². The minimum atomic E-state index is 0.554. The molecule has 1 aromatic carbocycles. The first-order chi connectivity index (χ1) is 8.35. The van der Waals surface area contributed by atoms with Crippen molar-refractivity contribution >= 4 is 11.8 Å². The summed E-state index contributed by atoms with van der Waals surface area (Å²) in [5.41, 5.74) is 1.46. The molecule has 0 heterocycles. The zero-order valence-electron chi connectivity index (χ0n) is 10.9. The second-order valence-corrected chi connectivity index (χ2v) is 6.15. The van der Waals surface area contributed by atoms with Gasteiger partial charge in [-0.3, -0.25) is 0 Å². The van der Waals surface area contributed by atoms with Gasteiger partial charge in [-0.2, -0.15) is 0 Å². The first-order valence-corrected chi connectivity index (χ1v) is 7.73. The topological polar surface area (TPSA) is 12.0 Å². The lowest BCUT2D eigenvalue weighted by molar-refractivity contribution is 0.390. The summed E-state index contributed by atoms with van der Waals surface area (Å²) in [4.78, 5) is 1.39. The fourth-order valence-electron chi connectivity index (χ4n) is 2.90. The molecule has 1 unspecified atom stereocenters. The molecule has 1 aromatic rings. The van der Waals surface area contributed by atoms with Gasteiger partial charge in [-0.05, 0) is 49.3 Å². The van der Waals surface area contributed by atoms with E-state index in [-0.39, 0.29) is 0 Å². The van der Waals surface area contributed by atoms with Crippen molar-refractivity contribution in [1.82, 2.24) is 5.32 Å². The van der Waals surface area contributed by atoms with E-state index in [1.807, 2.05) is 11.8 Å². The van der Waals surface area contributed by atoms with Crippen LogP contribution in [-0.2, 0) is 0 Å². The molecular weight excluding hydrogens is 226 g/mol. The highest BCUT2D eigenvalue weighted by molar-refractivity contribution is 7.99. The number of nitrogens with one attached hydrogen (secondary N) is 1. The number of thioether (sulfide) groups is 1. The van der Waals surface area contributed by atoms with Crippen LogP contribution in [0.15, 0.2) is 29.2 Å². The molecule has 1 atom stereocenters. The van der Waals surface area contributed by atoms with Crippen molar-refractivity contribution in [2.24, 2.45) is 5.92 Å². The third-order valence-corrected chi connectivity index (χ3v) is 4.63. The molecule has 1 saturated carbocycles. The number of hydrogen-bond acceptors (Lipinski definition) is 2. The number of hydrogen-bond donors (Lipinski definition) is 1. The molecule has 0 spiro atoms. The van der Waals surface area contributed by atoms with E-state index in [9.17, 15) is 0 Å². The Kier molecular flexibility index (Phi) is 4.93. The van der Waals surface area contributed by atoms with Crippen molar-refractivity contribution in [3.05, 3.63) is 29.8 Å². The van der Waals surface area contributed by atoms with Gasteiger partial charge in [-0.25, -0.2) is 0 Å². The van der Waals surface area contributed by atoms with E-state index >= 15 is 0 Å². The fourth-order valence-corrected chi connectivity index (χ4v) is 3.57. The molecule has 0 bridgehead atoms. The maximum Gasteiger partial charge on any atom is 0.0346 e. The molecule has 94 valence electrons. The maximum atomic E-state index is 3.50. The molecule has 1 N–H and O–H groups in total. The summed E-state index contributed by atoms with van der Waals surface area (Å²) in [7, 11) is 2.09. The van der Waals surface area contributed by atoms with Crippen molar-refractivity contribution < 1.29 is 0 Å². The van der Waals surface area contributed by atoms with Crippen molar-refractivity contribution in [2.75, 3.05) is 12.8 Å². The summed E-state index contributed by atoms with van der Waals surface area (Å²) in [6, 6.07) is 9.69. The second kappa shape index (κ2) is 6.46. The largest absolute Gasteiger partial charge is 0.313 e. The van der Waals surface area contributed by atoms with E-state index in [0.717, 1.165) is 11.7 Å². The monoisotopic (exact) mass is 249 g/mol. The molecule has 1 aliphatic rings. The van der Waals surface area contributed by atoms with Gasteiger partial charge < -0.3 is 5.32 Å². The van der Waals surface area contributed by atoms with Crippen LogP contribution in [0.5, 0.6) is 0 Å². The smallest absolute Gasteiger partial charge is 0.0346 e. The Morgan fingerprint density at radius 3 is 2.41 bits per heavy atom. The SMILES string of the molecule is CCSc1ccc(C(NC)C2CCCC2)cc1. The highest BCUT2D eigenvalue weighted by Gasteiger charge is 2.24. The van der Waals surface area contributed by atoms with Crippen LogP contribution in [0.2, 0.25) is 0 Å². The summed E-state index contributed by atoms with van der Waals surface area (Å²) in [6.07, 6.45) is 5.59. The molecule has 2 rings (SSSR count). The van der Waals surface area contributed by atoms with Crippen LogP contribution >= 0.6 is 11.8 Å². The normalized spacial score (nSPS) is 18.5. The highest BCUT2D eigenvalue weighted by Crippen LogP contribution is 2.35. The van der Waals surface area contributed by atoms with Crippen LogP contribution in [-0.4, -0.2) is 12.8 Å². The first-order valence-electron chi connectivity index (χ1n) is 6.75. The van der Waals surface area contributed by atoms with Gasteiger partial charge in [0.25, 0.3) is 0 Å². The van der Waals surface area contributed by atoms with Crippen molar-refractivity contribution in [1.29, 1.82) is 0 Å². The third-order valence-electron chi connectivity index (χ3n) is 3.73. The minimum absolute atomic E-state index is 0.554. The Morgan fingerprint density at radius 2 is 1.88 bits per heavy atom. The Hall–Kier alpha value is -0.470. The van der Waals surface area contributed by atoms with E-state index in [0.29, 0.717) is 6.04 Å². The first kappa shape index (κ1) is 13.0. The lowest BCUT2D eigenvalue weighted by Gasteiger charge is -2.23. The van der Waals surface area contributed by atoms with Crippen LogP contribution in [0.1, 0.15) is 44.2 Å². The van der Waals surface area contributed by atoms with E-state index < -0.39 is 0 Å². The summed E-state index contributed by atoms with van der Waals surface area (Å²) >= 11 is 1.92. The third kappa shape index (κ3) is 3.26. The quantitative estimate of drug-likeness (QED) is 0.783. The Balaban J connectivity index is 2.07. The van der Waals surface area contributed by atoms with Crippen molar-refractivity contribution in [3.8, 4) is 0 Å². The van der Waals surface area contributed by atoms with Gasteiger partial charge in [-0.1, -0.05) is 31.9 Å². The van der Waals surface area contributed by atoms with Gasteiger partial charge in [0.1, 0.15) is 0 Å². The summed E-state index contributed by atoms with van der Waals surface area (Å²) < 4.78 is 0. The predicted molar refractivity (Wildman–Crippen MR) is 76.6 cm³/mol. The number of rotatable bonds is 5. The van der Waals surface area contributed by atoms with E-state index in [2.05, 4.69) is 43.6 Å². The predicted octanol–water partition coefficient (Wildman–Crippen LogP) is 4.25. The lowest BCUT2D eigenvalue weighted by atomic mass is 9.92. The molecule has 1 nitrogen and oxygen atoms in total. The molecule has 0 radical (unpaired) electrons. The fraction of sp³-hybridized carbons (Fsp3) is 0.600. The second-order valence-electron chi connectivity index (χ2n) is 4.81. The van der Waals surface area contributed by atoms with Crippen LogP contribution in [0.25, 0.3) is 0 Å². The molecule has 0 aliphatic heterocycles. The molecule has 1 aliphatic carbocycles. The van der Waals surface area contributed by atoms with E-state index in [4.69, 9.17) is 0 Å². The lowest BCUT2D eigenvalue weighted by Crippen LogP contribution is -2.23. The summed E-state index contributed by atoms with van der Waals surface area (Å²) in [5, 5.41) is 3.50. The average Bonchev–Trinajstić information content (AvgIpc) is 2.86. The van der Waals surface area contributed by atoms with Crippen LogP contribution in [0.4, 0.5) is 0 Å². The highest BCUT2D eigenvalue weighted by atomic mass is 32.2. The van der Waals surface area contributed by atoms with Crippen LogP contribution < -0.4 is 5.32 Å². The Labute approximate surface area is 109 Å². The average molecular weight is 249 g/mol. The molecule has 0 aromatic heterocycles. The maximum absolute atomic E-state index is 3.50. The van der Waals surface area contributed by atoms with E-state index in [1.165, 1.54) is 36.1 Å². The molecule has 1 fully saturated rings. The molecular formula is C15H23NS. The van der Waals surface area contributed by atoms with Gasteiger partial charge in [0.15, 0.2) is 0 Å². The molecule has 17 heavy (non-hydrogen) atoms. The molecule has 0 saturated heterocycles. The van der Waals surface area contributed by atoms with Crippen molar-refractivity contribution in [2.45, 2.75) is 43.5 Å². The van der Waals surface area contributed by atoms with Crippen molar-refractivity contribution in [3.63, 3.8) is 0 Å². The van der Waals surface area contributed by atoms with Gasteiger partial charge in [0, 0.05) is 10.9 Å². The van der Waals surface area contributed by atoms with Gasteiger partial charge >= 0.3 is 0 Å². The standard InChI is InChI=1S/C15H23NS/c1-3-17-14-10-8-13(9-11-14)15(16-2)12-6-4-5-7-12/h8-12,15-16H,3-7H2,1-2H3. The van der Waals surface area contributed by atoms with Gasteiger partial charge in [0.05, 0.1) is 0 Å². The Morgan fingerprint density at radius 1 is 1.24 bits per heavy atom. The van der Waals surface area contributed by atoms with Crippen LogP contribution in [0.3, 0.4) is 0 Å². The zero-order chi connectivity index (χ0) is 12.1. The van der Waals surface area contributed by atoms with Crippen LogP contribution in [0, 0.1) is 5.92 Å².